The van der Waals surface area contributed by atoms with Crippen LogP contribution in [0.5, 0.6) is 0 Å². The molecule has 0 atom stereocenters. The van der Waals surface area contributed by atoms with E-state index in [9.17, 15) is 9.59 Å². The maximum Gasteiger partial charge on any atom is 0.325 e. The van der Waals surface area contributed by atoms with E-state index >= 15 is 0 Å². The summed E-state index contributed by atoms with van der Waals surface area (Å²) in [5, 5.41) is 2.90. The highest BCUT2D eigenvalue weighted by Gasteiger charge is 2.52. The highest BCUT2D eigenvalue weighted by molar-refractivity contribution is 6.07. The van der Waals surface area contributed by atoms with Crippen LogP contribution in [-0.2, 0) is 11.3 Å². The number of amides is 3. The Morgan fingerprint density at radius 2 is 1.78 bits per heavy atom. The minimum absolute atomic E-state index is 0.116. The van der Waals surface area contributed by atoms with Crippen LogP contribution in [0.1, 0.15) is 37.1 Å². The van der Waals surface area contributed by atoms with Gasteiger partial charge < -0.3 is 5.32 Å². The first-order chi connectivity index (χ1) is 11.1. The van der Waals surface area contributed by atoms with Gasteiger partial charge in [-0.25, -0.2) is 14.8 Å². The van der Waals surface area contributed by atoms with Crippen molar-refractivity contribution in [3.63, 3.8) is 0 Å². The molecule has 1 aromatic heterocycles. The van der Waals surface area contributed by atoms with Crippen LogP contribution in [0.25, 0.3) is 11.0 Å². The number of benzene rings is 1. The Labute approximate surface area is 133 Å². The average Bonchev–Trinajstić information content (AvgIpc) is 3.09. The maximum absolute atomic E-state index is 12.7. The Kier molecular flexibility index (Phi) is 3.07. The van der Waals surface area contributed by atoms with Gasteiger partial charge in [0.1, 0.15) is 5.54 Å². The molecule has 2 heterocycles. The van der Waals surface area contributed by atoms with Gasteiger partial charge in [-0.2, -0.15) is 0 Å². The highest BCUT2D eigenvalue weighted by Crippen LogP contribution is 2.35. The van der Waals surface area contributed by atoms with Crippen molar-refractivity contribution in [2.24, 2.45) is 0 Å². The van der Waals surface area contributed by atoms with Gasteiger partial charge in [-0.1, -0.05) is 25.0 Å². The van der Waals surface area contributed by atoms with E-state index in [1.54, 1.807) is 0 Å². The summed E-state index contributed by atoms with van der Waals surface area (Å²) in [7, 11) is 0. The fourth-order valence-corrected chi connectivity index (χ4v) is 3.56. The Morgan fingerprint density at radius 3 is 2.48 bits per heavy atom. The van der Waals surface area contributed by atoms with Crippen LogP contribution in [0, 0.1) is 6.92 Å². The van der Waals surface area contributed by atoms with Crippen LogP contribution in [0.4, 0.5) is 4.79 Å². The first kappa shape index (κ1) is 14.1. The third-order valence-corrected chi connectivity index (χ3v) is 4.85. The molecule has 2 aromatic rings. The van der Waals surface area contributed by atoms with Gasteiger partial charge in [0, 0.05) is 0 Å². The SMILES string of the molecule is Cc1nc2ccccc2nc1CN1C(=O)NC2(CCCC2)C1=O. The number of nitrogens with zero attached hydrogens (tertiary/aromatic N) is 3. The number of nitrogens with one attached hydrogen (secondary N) is 1. The number of carbonyl (C=O) groups is 2. The molecule has 0 unspecified atom stereocenters. The van der Waals surface area contributed by atoms with Crippen LogP contribution >= 0.6 is 0 Å². The van der Waals surface area contributed by atoms with E-state index in [0.29, 0.717) is 5.69 Å². The Hall–Kier alpha value is -2.50. The third-order valence-electron chi connectivity index (χ3n) is 4.85. The van der Waals surface area contributed by atoms with E-state index in [4.69, 9.17) is 0 Å². The number of aromatic nitrogens is 2. The summed E-state index contributed by atoms with van der Waals surface area (Å²) >= 11 is 0. The average molecular weight is 310 g/mol. The van der Waals surface area contributed by atoms with E-state index in [1.165, 1.54) is 4.90 Å². The normalized spacial score (nSPS) is 19.8. The zero-order chi connectivity index (χ0) is 16.0. The predicted molar refractivity (Wildman–Crippen MR) is 84.6 cm³/mol. The number of urea groups is 1. The first-order valence-electron chi connectivity index (χ1n) is 7.95. The summed E-state index contributed by atoms with van der Waals surface area (Å²) in [5.41, 5.74) is 2.34. The van der Waals surface area contributed by atoms with Gasteiger partial charge in [0.2, 0.25) is 0 Å². The van der Waals surface area contributed by atoms with E-state index in [2.05, 4.69) is 15.3 Å². The third kappa shape index (κ3) is 2.17. The number of para-hydroxylation sites is 2. The number of hydrogen-bond donors (Lipinski definition) is 1. The van der Waals surface area contributed by atoms with E-state index in [-0.39, 0.29) is 18.5 Å². The smallest absolute Gasteiger partial charge is 0.323 e. The molecule has 3 amide bonds. The fraction of sp³-hybridized carbons (Fsp3) is 0.412. The zero-order valence-corrected chi connectivity index (χ0v) is 13.0. The van der Waals surface area contributed by atoms with Gasteiger partial charge in [0.25, 0.3) is 5.91 Å². The lowest BCUT2D eigenvalue weighted by Crippen LogP contribution is -2.44. The summed E-state index contributed by atoms with van der Waals surface area (Å²) in [4.78, 5) is 35.4. The molecule has 2 aliphatic rings. The summed E-state index contributed by atoms with van der Waals surface area (Å²) in [6.45, 7) is 2.04. The second-order valence-corrected chi connectivity index (χ2v) is 6.36. The first-order valence-corrected chi connectivity index (χ1v) is 7.95. The number of aryl methyl sites for hydroxylation is 1. The van der Waals surface area contributed by atoms with Crippen molar-refractivity contribution in [1.82, 2.24) is 20.2 Å². The monoisotopic (exact) mass is 310 g/mol. The maximum atomic E-state index is 12.7. The molecule has 4 rings (SSSR count). The van der Waals surface area contributed by atoms with Gasteiger partial charge >= 0.3 is 6.03 Å². The van der Waals surface area contributed by atoms with Crippen molar-refractivity contribution in [3.05, 3.63) is 35.7 Å². The fourth-order valence-electron chi connectivity index (χ4n) is 3.56. The van der Waals surface area contributed by atoms with Crippen LogP contribution in [0.3, 0.4) is 0 Å². The molecule has 0 bridgehead atoms. The molecule has 1 aliphatic heterocycles. The molecule has 118 valence electrons. The van der Waals surface area contributed by atoms with E-state index in [0.717, 1.165) is 42.4 Å². The second kappa shape index (κ2) is 5.01. The number of imide groups is 1. The molecule has 2 fully saturated rings. The van der Waals surface area contributed by atoms with E-state index < -0.39 is 5.54 Å². The van der Waals surface area contributed by atoms with Crippen LogP contribution < -0.4 is 5.32 Å². The van der Waals surface area contributed by atoms with E-state index in [1.807, 2.05) is 31.2 Å². The molecule has 23 heavy (non-hydrogen) atoms. The summed E-state index contributed by atoms with van der Waals surface area (Å²) in [5.74, 6) is -0.116. The van der Waals surface area contributed by atoms with Gasteiger partial charge in [-0.05, 0) is 31.9 Å². The molecular weight excluding hydrogens is 292 g/mol. The van der Waals surface area contributed by atoms with Gasteiger partial charge in [0.15, 0.2) is 0 Å². The van der Waals surface area contributed by atoms with Crippen molar-refractivity contribution in [3.8, 4) is 0 Å². The number of fused-ring (bicyclic) bond motifs is 1. The number of hydrogen-bond acceptors (Lipinski definition) is 4. The molecular formula is C17H18N4O2. The largest absolute Gasteiger partial charge is 0.325 e. The van der Waals surface area contributed by atoms with Gasteiger partial charge in [0.05, 0.1) is 29.0 Å². The molecule has 1 saturated heterocycles. The second-order valence-electron chi connectivity index (χ2n) is 6.36. The minimum atomic E-state index is -0.671. The molecule has 1 saturated carbocycles. The number of carbonyl (C=O) groups excluding carboxylic acids is 2. The quantitative estimate of drug-likeness (QED) is 0.864. The van der Waals surface area contributed by atoms with Crippen LogP contribution in [-0.4, -0.2) is 32.3 Å². The Balaban J connectivity index is 1.66. The topological polar surface area (TPSA) is 75.2 Å². The van der Waals surface area contributed by atoms with Gasteiger partial charge in [-0.3, -0.25) is 9.69 Å². The lowest BCUT2D eigenvalue weighted by molar-refractivity contribution is -0.131. The summed E-state index contributed by atoms with van der Waals surface area (Å²) in [6.07, 6.45) is 3.43. The van der Waals surface area contributed by atoms with Crippen LogP contribution in [0.15, 0.2) is 24.3 Å². The molecule has 1 spiro atoms. The van der Waals surface area contributed by atoms with Crippen LogP contribution in [0.2, 0.25) is 0 Å². The molecule has 0 radical (unpaired) electrons. The molecule has 1 aliphatic carbocycles. The van der Waals surface area contributed by atoms with Crippen molar-refractivity contribution in [2.75, 3.05) is 0 Å². The standard InChI is InChI=1S/C17H18N4O2/c1-11-14(19-13-7-3-2-6-12(13)18-11)10-21-15(22)17(20-16(21)23)8-4-5-9-17/h2-3,6-7H,4-5,8-10H2,1H3,(H,20,23). The number of rotatable bonds is 2. The summed E-state index contributed by atoms with van der Waals surface area (Å²) in [6, 6.07) is 7.29. The molecule has 1 aromatic carbocycles. The lowest BCUT2D eigenvalue weighted by Gasteiger charge is -2.20. The predicted octanol–water partition coefficient (Wildman–Crippen LogP) is 2.30. The van der Waals surface area contributed by atoms with Crippen molar-refractivity contribution in [2.45, 2.75) is 44.7 Å². The molecule has 6 heteroatoms. The van der Waals surface area contributed by atoms with Gasteiger partial charge in [-0.15, -0.1) is 0 Å². The van der Waals surface area contributed by atoms with Crippen molar-refractivity contribution in [1.29, 1.82) is 0 Å². The van der Waals surface area contributed by atoms with Crippen molar-refractivity contribution < 1.29 is 9.59 Å². The Morgan fingerprint density at radius 1 is 1.13 bits per heavy atom. The highest BCUT2D eigenvalue weighted by atomic mass is 16.2. The summed E-state index contributed by atoms with van der Waals surface area (Å²) < 4.78 is 0. The Bertz CT molecular complexity index is 811. The zero-order valence-electron chi connectivity index (χ0n) is 13.0. The van der Waals surface area contributed by atoms with Crippen molar-refractivity contribution >= 4 is 23.0 Å². The lowest BCUT2D eigenvalue weighted by atomic mass is 9.98. The molecule has 1 N–H and O–H groups in total. The minimum Gasteiger partial charge on any atom is -0.323 e. The molecule has 6 nitrogen and oxygen atoms in total.